The van der Waals surface area contributed by atoms with Crippen molar-refractivity contribution in [3.05, 3.63) is 54.1 Å². The van der Waals surface area contributed by atoms with Crippen molar-refractivity contribution in [2.75, 3.05) is 54.5 Å². The first-order valence-corrected chi connectivity index (χ1v) is 8.86. The first-order valence-electron chi connectivity index (χ1n) is 8.86. The van der Waals surface area contributed by atoms with E-state index in [0.29, 0.717) is 6.54 Å². The first-order chi connectivity index (χ1) is 12.3. The summed E-state index contributed by atoms with van der Waals surface area (Å²) in [6, 6.07) is 16.3. The van der Waals surface area contributed by atoms with Crippen LogP contribution in [0.2, 0.25) is 0 Å². The highest BCUT2D eigenvalue weighted by Gasteiger charge is 2.21. The van der Waals surface area contributed by atoms with E-state index in [1.54, 1.807) is 0 Å². The molecule has 2 aromatic carbocycles. The molecule has 2 aliphatic rings. The Morgan fingerprint density at radius 3 is 2.52 bits per heavy atom. The highest BCUT2D eigenvalue weighted by atomic mass is 16.5. The van der Waals surface area contributed by atoms with E-state index < -0.39 is 0 Å². The van der Waals surface area contributed by atoms with E-state index in [4.69, 9.17) is 4.74 Å². The molecule has 4 rings (SSSR count). The van der Waals surface area contributed by atoms with Gasteiger partial charge in [0.1, 0.15) is 0 Å². The van der Waals surface area contributed by atoms with Crippen molar-refractivity contribution in [2.24, 2.45) is 0 Å². The summed E-state index contributed by atoms with van der Waals surface area (Å²) in [5, 5.41) is 3.10. The zero-order valence-corrected chi connectivity index (χ0v) is 14.3. The third-order valence-electron chi connectivity index (χ3n) is 4.85. The number of hydrogen-bond acceptors (Lipinski definition) is 4. The number of ether oxygens (including phenoxy) is 1. The van der Waals surface area contributed by atoms with Crippen LogP contribution in [0, 0.1) is 0 Å². The summed E-state index contributed by atoms with van der Waals surface area (Å²) in [5.74, 6) is 0.0254. The molecule has 5 nitrogen and oxygen atoms in total. The number of carbonyl (C=O) groups excluding carboxylic acids is 1. The normalized spacial score (nSPS) is 16.6. The number of nitrogens with one attached hydrogen (secondary N) is 1. The smallest absolute Gasteiger partial charge is 0.243 e. The summed E-state index contributed by atoms with van der Waals surface area (Å²) >= 11 is 0. The fraction of sp³-hybridized carbons (Fsp3) is 0.350. The number of morpholine rings is 1. The summed E-state index contributed by atoms with van der Waals surface area (Å²) in [5.41, 5.74) is 4.45. The van der Waals surface area contributed by atoms with Gasteiger partial charge in [0.05, 0.1) is 31.1 Å². The van der Waals surface area contributed by atoms with Crippen molar-refractivity contribution in [1.29, 1.82) is 0 Å². The van der Waals surface area contributed by atoms with Crippen LogP contribution in [0.5, 0.6) is 0 Å². The lowest BCUT2D eigenvalue weighted by molar-refractivity contribution is -0.115. The SMILES string of the molecule is O=C(CN1CCc2ccccc21)Nc1ccccc1N1CCOCC1. The largest absolute Gasteiger partial charge is 0.378 e. The maximum Gasteiger partial charge on any atom is 0.243 e. The quantitative estimate of drug-likeness (QED) is 0.931. The molecule has 1 fully saturated rings. The highest BCUT2D eigenvalue weighted by molar-refractivity contribution is 5.97. The van der Waals surface area contributed by atoms with Gasteiger partial charge < -0.3 is 19.9 Å². The summed E-state index contributed by atoms with van der Waals surface area (Å²) in [4.78, 5) is 17.0. The Balaban J connectivity index is 1.45. The molecule has 25 heavy (non-hydrogen) atoms. The van der Waals surface area contributed by atoms with E-state index in [1.807, 2.05) is 24.3 Å². The van der Waals surface area contributed by atoms with Crippen molar-refractivity contribution in [3.8, 4) is 0 Å². The summed E-state index contributed by atoms with van der Waals surface area (Å²) < 4.78 is 5.43. The number of hydrogen-bond donors (Lipinski definition) is 1. The van der Waals surface area contributed by atoms with Crippen LogP contribution in [0.15, 0.2) is 48.5 Å². The molecule has 1 amide bonds. The van der Waals surface area contributed by atoms with Gasteiger partial charge >= 0.3 is 0 Å². The zero-order chi connectivity index (χ0) is 17.1. The lowest BCUT2D eigenvalue weighted by atomic mass is 10.2. The number of rotatable bonds is 4. The maximum absolute atomic E-state index is 12.6. The maximum atomic E-state index is 12.6. The Labute approximate surface area is 148 Å². The van der Waals surface area contributed by atoms with E-state index >= 15 is 0 Å². The minimum atomic E-state index is 0.0254. The molecule has 0 spiro atoms. The minimum Gasteiger partial charge on any atom is -0.378 e. The second-order valence-corrected chi connectivity index (χ2v) is 6.47. The van der Waals surface area contributed by atoms with Crippen molar-refractivity contribution in [1.82, 2.24) is 0 Å². The average Bonchev–Trinajstić information content (AvgIpc) is 3.06. The summed E-state index contributed by atoms with van der Waals surface area (Å²) in [7, 11) is 0. The molecular weight excluding hydrogens is 314 g/mol. The molecular formula is C20H23N3O2. The van der Waals surface area contributed by atoms with Crippen LogP contribution in [0.1, 0.15) is 5.56 Å². The molecule has 2 heterocycles. The molecule has 130 valence electrons. The van der Waals surface area contributed by atoms with Crippen LogP contribution in [-0.4, -0.2) is 45.3 Å². The van der Waals surface area contributed by atoms with Crippen LogP contribution in [-0.2, 0) is 16.0 Å². The Morgan fingerprint density at radius 2 is 1.68 bits per heavy atom. The Bertz CT molecular complexity index is 756. The highest BCUT2D eigenvalue weighted by Crippen LogP contribution is 2.28. The van der Waals surface area contributed by atoms with E-state index in [2.05, 4.69) is 39.4 Å². The second kappa shape index (κ2) is 7.15. The summed E-state index contributed by atoms with van der Waals surface area (Å²) in [6.45, 7) is 4.45. The standard InChI is InChI=1S/C20H23N3O2/c24-20(15-23-10-9-16-5-1-3-7-18(16)23)21-17-6-2-4-8-19(17)22-11-13-25-14-12-22/h1-8H,9-15H2,(H,21,24). The van der Waals surface area contributed by atoms with Crippen molar-refractivity contribution < 1.29 is 9.53 Å². The van der Waals surface area contributed by atoms with Crippen molar-refractivity contribution in [3.63, 3.8) is 0 Å². The van der Waals surface area contributed by atoms with Crippen LogP contribution in [0.3, 0.4) is 0 Å². The molecule has 1 saturated heterocycles. The van der Waals surface area contributed by atoms with Crippen molar-refractivity contribution >= 4 is 23.0 Å². The monoisotopic (exact) mass is 337 g/mol. The fourth-order valence-electron chi connectivity index (χ4n) is 3.59. The van der Waals surface area contributed by atoms with Crippen LogP contribution < -0.4 is 15.1 Å². The first kappa shape index (κ1) is 16.0. The summed E-state index contributed by atoms with van der Waals surface area (Å²) in [6.07, 6.45) is 1.01. The number of fused-ring (bicyclic) bond motifs is 1. The van der Waals surface area contributed by atoms with E-state index in [1.165, 1.54) is 11.3 Å². The van der Waals surface area contributed by atoms with E-state index in [9.17, 15) is 4.79 Å². The molecule has 1 N–H and O–H groups in total. The Morgan fingerprint density at radius 1 is 0.960 bits per heavy atom. The van der Waals surface area contributed by atoms with Gasteiger partial charge in [0.2, 0.25) is 5.91 Å². The van der Waals surface area contributed by atoms with Gasteiger partial charge in [-0.25, -0.2) is 0 Å². The molecule has 2 aromatic rings. The second-order valence-electron chi connectivity index (χ2n) is 6.47. The van der Waals surface area contributed by atoms with Gasteiger partial charge in [-0.3, -0.25) is 4.79 Å². The molecule has 0 atom stereocenters. The minimum absolute atomic E-state index is 0.0254. The van der Waals surface area contributed by atoms with Crippen LogP contribution in [0.25, 0.3) is 0 Å². The van der Waals surface area contributed by atoms with E-state index in [0.717, 1.165) is 50.6 Å². The molecule has 0 aliphatic carbocycles. The van der Waals surface area contributed by atoms with Gasteiger partial charge in [0.25, 0.3) is 0 Å². The Kier molecular flexibility index (Phi) is 4.57. The molecule has 0 bridgehead atoms. The van der Waals surface area contributed by atoms with Gasteiger partial charge in [0.15, 0.2) is 0 Å². The molecule has 0 aromatic heterocycles. The zero-order valence-electron chi connectivity index (χ0n) is 14.3. The Hall–Kier alpha value is -2.53. The number of anilines is 3. The van der Waals surface area contributed by atoms with E-state index in [-0.39, 0.29) is 5.91 Å². The number of carbonyl (C=O) groups is 1. The lowest BCUT2D eigenvalue weighted by Crippen LogP contribution is -2.37. The van der Waals surface area contributed by atoms with Crippen LogP contribution in [0.4, 0.5) is 17.1 Å². The van der Waals surface area contributed by atoms with Crippen molar-refractivity contribution in [2.45, 2.75) is 6.42 Å². The van der Waals surface area contributed by atoms with Gasteiger partial charge in [-0.15, -0.1) is 0 Å². The third kappa shape index (κ3) is 3.46. The average molecular weight is 337 g/mol. The number of para-hydroxylation sites is 3. The lowest BCUT2D eigenvalue weighted by Gasteiger charge is -2.30. The number of benzene rings is 2. The third-order valence-corrected chi connectivity index (χ3v) is 4.85. The van der Waals surface area contributed by atoms with Gasteiger partial charge in [-0.1, -0.05) is 30.3 Å². The van der Waals surface area contributed by atoms with Crippen LogP contribution >= 0.6 is 0 Å². The topological polar surface area (TPSA) is 44.8 Å². The molecule has 2 aliphatic heterocycles. The van der Waals surface area contributed by atoms with Gasteiger partial charge in [-0.05, 0) is 30.2 Å². The predicted octanol–water partition coefficient (Wildman–Crippen LogP) is 2.52. The molecule has 0 unspecified atom stereocenters. The number of nitrogens with zero attached hydrogens (tertiary/aromatic N) is 2. The van der Waals surface area contributed by atoms with Gasteiger partial charge in [0, 0.05) is 25.3 Å². The number of amides is 1. The molecule has 0 radical (unpaired) electrons. The predicted molar refractivity (Wildman–Crippen MR) is 100 cm³/mol. The molecule has 5 heteroatoms. The van der Waals surface area contributed by atoms with Gasteiger partial charge in [-0.2, -0.15) is 0 Å². The molecule has 0 saturated carbocycles. The fourth-order valence-corrected chi connectivity index (χ4v) is 3.59.